The molecule has 0 rings (SSSR count). The minimum absolute atomic E-state index is 0.583. The van der Waals surface area contributed by atoms with E-state index in [1.807, 2.05) is 0 Å². The van der Waals surface area contributed by atoms with Crippen LogP contribution < -0.4 is 5.73 Å². The molecule has 0 bridgehead atoms. The summed E-state index contributed by atoms with van der Waals surface area (Å²) in [6.45, 7) is 14.5. The van der Waals surface area contributed by atoms with Crippen molar-refractivity contribution in [3.63, 3.8) is 0 Å². The maximum Gasteiger partial charge on any atom is 0.0218 e. The Morgan fingerprint density at radius 2 is 1.47 bits per heavy atom. The Kier molecular flexibility index (Phi) is 8.07. The van der Waals surface area contributed by atoms with Gasteiger partial charge >= 0.3 is 0 Å². The second-order valence-electron chi connectivity index (χ2n) is 5.42. The molecular weight excluding hydrogens is 184 g/mol. The van der Waals surface area contributed by atoms with Crippen LogP contribution in [0.2, 0.25) is 0 Å². The molecular formula is C13H30N2. The Morgan fingerprint density at radius 3 is 1.73 bits per heavy atom. The lowest BCUT2D eigenvalue weighted by Gasteiger charge is -2.33. The normalized spacial score (nSPS) is 14.2. The number of nitrogens with two attached hydrogens (primary N) is 1. The zero-order valence-corrected chi connectivity index (χ0v) is 11.3. The predicted octanol–water partition coefficient (Wildman–Crippen LogP) is 2.73. The predicted molar refractivity (Wildman–Crippen MR) is 69.0 cm³/mol. The molecule has 0 amide bonds. The topological polar surface area (TPSA) is 29.3 Å². The minimum atomic E-state index is 0.583. The van der Waals surface area contributed by atoms with Crippen LogP contribution in [0.15, 0.2) is 0 Å². The molecule has 0 fully saturated rings. The van der Waals surface area contributed by atoms with E-state index in [0.29, 0.717) is 6.04 Å². The van der Waals surface area contributed by atoms with Crippen molar-refractivity contribution in [3.05, 3.63) is 0 Å². The monoisotopic (exact) mass is 214 g/mol. The molecule has 0 radical (unpaired) electrons. The van der Waals surface area contributed by atoms with Crippen LogP contribution in [0.3, 0.4) is 0 Å². The maximum atomic E-state index is 5.87. The quantitative estimate of drug-likeness (QED) is 0.673. The lowest BCUT2D eigenvalue weighted by atomic mass is 10.1. The summed E-state index contributed by atoms with van der Waals surface area (Å²) in [6.07, 6.45) is 2.46. The van der Waals surface area contributed by atoms with Crippen LogP contribution in [0.25, 0.3) is 0 Å². The molecule has 0 saturated carbocycles. The number of nitrogens with zero attached hydrogens (tertiary/aromatic N) is 1. The van der Waals surface area contributed by atoms with E-state index in [9.17, 15) is 0 Å². The van der Waals surface area contributed by atoms with Crippen LogP contribution in [0.5, 0.6) is 0 Å². The molecule has 92 valence electrons. The van der Waals surface area contributed by atoms with E-state index < -0.39 is 0 Å². The van der Waals surface area contributed by atoms with E-state index in [2.05, 4.69) is 39.5 Å². The first-order valence-corrected chi connectivity index (χ1v) is 6.45. The van der Waals surface area contributed by atoms with Gasteiger partial charge in [0.1, 0.15) is 0 Å². The van der Waals surface area contributed by atoms with Gasteiger partial charge in [-0.15, -0.1) is 0 Å². The molecule has 2 N–H and O–H groups in total. The summed E-state index contributed by atoms with van der Waals surface area (Å²) in [4.78, 5) is 2.58. The van der Waals surface area contributed by atoms with E-state index in [-0.39, 0.29) is 0 Å². The fraction of sp³-hybridized carbons (Fsp3) is 1.00. The zero-order valence-electron chi connectivity index (χ0n) is 11.3. The molecule has 15 heavy (non-hydrogen) atoms. The van der Waals surface area contributed by atoms with E-state index >= 15 is 0 Å². The highest BCUT2D eigenvalue weighted by atomic mass is 15.2. The summed E-state index contributed by atoms with van der Waals surface area (Å²) in [7, 11) is 0. The zero-order chi connectivity index (χ0) is 11.8. The Balaban J connectivity index is 4.28. The van der Waals surface area contributed by atoms with Gasteiger partial charge in [-0.3, -0.25) is 4.90 Å². The SMILES string of the molecule is CCCC(CN)N(CC(C)C)CC(C)C. The highest BCUT2D eigenvalue weighted by molar-refractivity contribution is 4.74. The molecule has 0 aliphatic rings. The summed E-state index contributed by atoms with van der Waals surface area (Å²) in [6, 6.07) is 0.583. The van der Waals surface area contributed by atoms with E-state index in [0.717, 1.165) is 18.4 Å². The molecule has 0 spiro atoms. The van der Waals surface area contributed by atoms with Gasteiger partial charge in [0.25, 0.3) is 0 Å². The third kappa shape index (κ3) is 6.91. The summed E-state index contributed by atoms with van der Waals surface area (Å²) < 4.78 is 0. The van der Waals surface area contributed by atoms with Crippen molar-refractivity contribution in [1.82, 2.24) is 4.90 Å². The van der Waals surface area contributed by atoms with Crippen LogP contribution in [-0.4, -0.2) is 30.6 Å². The van der Waals surface area contributed by atoms with Crippen LogP contribution in [-0.2, 0) is 0 Å². The smallest absolute Gasteiger partial charge is 0.0218 e. The second kappa shape index (κ2) is 8.12. The lowest BCUT2D eigenvalue weighted by Crippen LogP contribution is -2.44. The summed E-state index contributed by atoms with van der Waals surface area (Å²) in [5.41, 5.74) is 5.87. The second-order valence-corrected chi connectivity index (χ2v) is 5.42. The van der Waals surface area contributed by atoms with Crippen LogP contribution >= 0.6 is 0 Å². The van der Waals surface area contributed by atoms with Crippen LogP contribution in [0, 0.1) is 11.8 Å². The van der Waals surface area contributed by atoms with Gasteiger partial charge < -0.3 is 5.73 Å². The Hall–Kier alpha value is -0.0800. The third-order valence-electron chi connectivity index (χ3n) is 2.61. The summed E-state index contributed by atoms with van der Waals surface area (Å²) >= 11 is 0. The first-order valence-electron chi connectivity index (χ1n) is 6.45. The number of hydrogen-bond donors (Lipinski definition) is 1. The van der Waals surface area contributed by atoms with E-state index in [1.165, 1.54) is 25.9 Å². The molecule has 2 nitrogen and oxygen atoms in total. The van der Waals surface area contributed by atoms with Crippen LogP contribution in [0.1, 0.15) is 47.5 Å². The molecule has 1 unspecified atom stereocenters. The minimum Gasteiger partial charge on any atom is -0.329 e. The van der Waals surface area contributed by atoms with Gasteiger partial charge in [0, 0.05) is 25.7 Å². The van der Waals surface area contributed by atoms with Gasteiger partial charge in [-0.1, -0.05) is 41.0 Å². The summed E-state index contributed by atoms with van der Waals surface area (Å²) in [5, 5.41) is 0. The first kappa shape index (κ1) is 14.9. The van der Waals surface area contributed by atoms with Gasteiger partial charge in [-0.05, 0) is 18.3 Å². The fourth-order valence-electron chi connectivity index (χ4n) is 2.09. The fourth-order valence-corrected chi connectivity index (χ4v) is 2.09. The van der Waals surface area contributed by atoms with Gasteiger partial charge in [-0.2, -0.15) is 0 Å². The Labute approximate surface area is 96.2 Å². The molecule has 0 heterocycles. The van der Waals surface area contributed by atoms with Gasteiger partial charge in [0.15, 0.2) is 0 Å². The van der Waals surface area contributed by atoms with Crippen molar-refractivity contribution in [2.45, 2.75) is 53.5 Å². The number of rotatable bonds is 8. The average Bonchev–Trinajstić information content (AvgIpc) is 2.11. The first-order chi connectivity index (χ1) is 7.01. The summed E-state index contributed by atoms with van der Waals surface area (Å²) in [5.74, 6) is 1.46. The Morgan fingerprint density at radius 1 is 1.00 bits per heavy atom. The van der Waals surface area contributed by atoms with Crippen LogP contribution in [0.4, 0.5) is 0 Å². The van der Waals surface area contributed by atoms with Gasteiger partial charge in [0.2, 0.25) is 0 Å². The van der Waals surface area contributed by atoms with Crippen molar-refractivity contribution < 1.29 is 0 Å². The largest absolute Gasteiger partial charge is 0.329 e. The van der Waals surface area contributed by atoms with E-state index in [4.69, 9.17) is 5.73 Å². The highest BCUT2D eigenvalue weighted by Gasteiger charge is 2.17. The number of hydrogen-bond acceptors (Lipinski definition) is 2. The van der Waals surface area contributed by atoms with Gasteiger partial charge in [-0.25, -0.2) is 0 Å². The lowest BCUT2D eigenvalue weighted by molar-refractivity contribution is 0.151. The molecule has 1 atom stereocenters. The van der Waals surface area contributed by atoms with Crippen molar-refractivity contribution >= 4 is 0 Å². The van der Waals surface area contributed by atoms with Crippen molar-refractivity contribution in [2.75, 3.05) is 19.6 Å². The molecule has 0 aromatic carbocycles. The van der Waals surface area contributed by atoms with Crippen molar-refractivity contribution in [1.29, 1.82) is 0 Å². The molecule has 0 aromatic rings. The molecule has 0 aliphatic carbocycles. The Bertz CT molecular complexity index is 133. The molecule has 2 heteroatoms. The average molecular weight is 214 g/mol. The highest BCUT2D eigenvalue weighted by Crippen LogP contribution is 2.11. The molecule has 0 saturated heterocycles. The standard InChI is InChI=1S/C13H30N2/c1-6-7-13(8-14)15(9-11(2)3)10-12(4)5/h11-13H,6-10,14H2,1-5H3. The van der Waals surface area contributed by atoms with Gasteiger partial charge in [0.05, 0.1) is 0 Å². The third-order valence-corrected chi connectivity index (χ3v) is 2.61. The molecule has 0 aliphatic heterocycles. The maximum absolute atomic E-state index is 5.87. The van der Waals surface area contributed by atoms with E-state index in [1.54, 1.807) is 0 Å². The van der Waals surface area contributed by atoms with Crippen molar-refractivity contribution in [3.8, 4) is 0 Å². The molecule has 0 aromatic heterocycles. The van der Waals surface area contributed by atoms with Crippen molar-refractivity contribution in [2.24, 2.45) is 17.6 Å².